The molecule has 0 aliphatic carbocycles. The Labute approximate surface area is 92.1 Å². The van der Waals surface area contributed by atoms with Gasteiger partial charge in [0.15, 0.2) is 12.8 Å². The second-order valence-corrected chi connectivity index (χ2v) is 3.72. The molecule has 100 valence electrons. The lowest BCUT2D eigenvalue weighted by atomic mass is 10.5. The van der Waals surface area contributed by atoms with Crippen LogP contribution in [0.2, 0.25) is 0 Å². The van der Waals surface area contributed by atoms with Crippen LogP contribution in [0.4, 0.5) is 17.7 Å². The van der Waals surface area contributed by atoms with Crippen molar-refractivity contribution in [2.75, 3.05) is 6.67 Å². The van der Waals surface area contributed by atoms with Gasteiger partial charge in [-0.05, 0) is 11.4 Å². The van der Waals surface area contributed by atoms with E-state index in [2.05, 4.69) is 23.9 Å². The van der Waals surface area contributed by atoms with Gasteiger partial charge in [-0.1, -0.05) is 4.73 Å². The molecule has 0 saturated carbocycles. The number of hydrogen-bond donors (Lipinski definition) is 0. The van der Waals surface area contributed by atoms with Crippen LogP contribution in [0.15, 0.2) is 0 Å². The molecular weight excluding hydrogens is 277 g/mol. The molecule has 0 saturated heterocycles. The van der Waals surface area contributed by atoms with Gasteiger partial charge in [-0.25, -0.2) is 13.8 Å². The summed E-state index contributed by atoms with van der Waals surface area (Å²) in [6.45, 7) is -1.24. The summed E-state index contributed by atoms with van der Waals surface area (Å²) in [7, 11) is -5.29. The van der Waals surface area contributed by atoms with Gasteiger partial charge in [0.25, 0.3) is 0 Å². The number of rotatable bonds is 8. The Bertz CT molecular complexity index is 322. The van der Waals surface area contributed by atoms with Crippen LogP contribution in [0.5, 0.6) is 0 Å². The molecule has 7 nitrogen and oxygen atoms in total. The van der Waals surface area contributed by atoms with Crippen LogP contribution in [-0.2, 0) is 28.4 Å². The molecule has 0 heterocycles. The Morgan fingerprint density at radius 2 is 2.06 bits per heavy atom. The van der Waals surface area contributed by atoms with Crippen molar-refractivity contribution in [2.45, 2.75) is 19.1 Å². The van der Waals surface area contributed by atoms with Gasteiger partial charge in [0.2, 0.25) is 0 Å². The smallest absolute Gasteiger partial charge is 0.241 e. The molecule has 0 aromatic heterocycles. The summed E-state index contributed by atoms with van der Waals surface area (Å²) >= 11 is 0. The van der Waals surface area contributed by atoms with Crippen LogP contribution < -0.4 is 0 Å². The van der Waals surface area contributed by atoms with Crippen LogP contribution in [0.3, 0.4) is 0 Å². The van der Waals surface area contributed by atoms with E-state index in [1.165, 1.54) is 6.07 Å². The van der Waals surface area contributed by atoms with E-state index in [0.717, 1.165) is 6.92 Å². The lowest BCUT2D eigenvalue weighted by Gasteiger charge is -2.15. The zero-order chi connectivity index (χ0) is 13.5. The van der Waals surface area contributed by atoms with E-state index in [-0.39, 0.29) is 0 Å². The molecule has 0 fully saturated rings. The molecule has 0 aromatic rings. The maximum Gasteiger partial charge on any atom is 0.560 e. The van der Waals surface area contributed by atoms with Gasteiger partial charge < -0.3 is 0 Å². The highest BCUT2D eigenvalue weighted by molar-refractivity contribution is 7.48. The SMILES string of the molecule is CC(C#N)OOP(=O)(OF)OOC(F)(F)CF. The summed E-state index contributed by atoms with van der Waals surface area (Å²) in [4.78, 5) is 6.89. The first-order valence-corrected chi connectivity index (χ1v) is 5.21. The second kappa shape index (κ2) is 6.85. The standard InChI is InChI=1S/C5H6F4NO6P/c1-4(2-10)12-15-17(11,14-9)16-13-5(7,8)3-6/h4H,3H2,1H3. The Balaban J connectivity index is 4.30. The average molecular weight is 283 g/mol. The number of nitrogens with zero attached hydrogens (tertiary/aromatic N) is 1. The minimum absolute atomic E-state index is 1.08. The zero-order valence-corrected chi connectivity index (χ0v) is 9.03. The number of phosphoric acid groups is 1. The summed E-state index contributed by atoms with van der Waals surface area (Å²) < 4.78 is 67.8. The van der Waals surface area contributed by atoms with Gasteiger partial charge in [-0.2, -0.15) is 14.0 Å². The van der Waals surface area contributed by atoms with Crippen molar-refractivity contribution in [3.8, 4) is 6.07 Å². The van der Waals surface area contributed by atoms with Crippen molar-refractivity contribution in [3.63, 3.8) is 0 Å². The first kappa shape index (κ1) is 16.2. The lowest BCUT2D eigenvalue weighted by molar-refractivity contribution is -0.413. The molecule has 17 heavy (non-hydrogen) atoms. The monoisotopic (exact) mass is 283 g/mol. The van der Waals surface area contributed by atoms with Crippen molar-refractivity contribution in [1.82, 2.24) is 0 Å². The number of alkyl halides is 3. The predicted octanol–water partition coefficient (Wildman–Crippen LogP) is 2.37. The van der Waals surface area contributed by atoms with Gasteiger partial charge in [0, 0.05) is 0 Å². The third-order valence-electron chi connectivity index (χ3n) is 0.951. The molecule has 0 rings (SSSR count). The highest BCUT2D eigenvalue weighted by Crippen LogP contribution is 2.51. The summed E-state index contributed by atoms with van der Waals surface area (Å²) in [5, 5.41) is 8.18. The molecule has 0 N–H and O–H groups in total. The van der Waals surface area contributed by atoms with E-state index in [4.69, 9.17) is 5.26 Å². The second-order valence-electron chi connectivity index (χ2n) is 2.39. The zero-order valence-electron chi connectivity index (χ0n) is 8.14. The Morgan fingerprint density at radius 1 is 1.47 bits per heavy atom. The molecule has 2 atom stereocenters. The fraction of sp³-hybridized carbons (Fsp3) is 0.800. The van der Waals surface area contributed by atoms with Crippen molar-refractivity contribution < 1.29 is 46.1 Å². The fourth-order valence-electron chi connectivity index (χ4n) is 0.297. The van der Waals surface area contributed by atoms with E-state index < -0.39 is 26.7 Å². The highest BCUT2D eigenvalue weighted by Gasteiger charge is 2.40. The van der Waals surface area contributed by atoms with Gasteiger partial charge in [0.05, 0.1) is 6.07 Å². The third-order valence-corrected chi connectivity index (χ3v) is 1.65. The van der Waals surface area contributed by atoms with Crippen LogP contribution in [-0.4, -0.2) is 18.9 Å². The van der Waals surface area contributed by atoms with E-state index in [1.54, 1.807) is 0 Å². The first-order valence-electron chi connectivity index (χ1n) is 3.75. The molecule has 0 aliphatic rings. The van der Waals surface area contributed by atoms with Crippen LogP contribution in [0, 0.1) is 11.3 Å². The van der Waals surface area contributed by atoms with Crippen LogP contribution in [0.1, 0.15) is 6.92 Å². The summed E-state index contributed by atoms with van der Waals surface area (Å²) in [5.41, 5.74) is 0. The predicted molar refractivity (Wildman–Crippen MR) is 40.1 cm³/mol. The van der Waals surface area contributed by atoms with E-state index >= 15 is 0 Å². The lowest BCUT2D eigenvalue weighted by Crippen LogP contribution is -2.23. The maximum atomic E-state index is 12.1. The third kappa shape index (κ3) is 6.52. The molecule has 0 aromatic carbocycles. The summed E-state index contributed by atoms with van der Waals surface area (Å²) in [6, 6.07) is 1.39. The molecule has 0 aliphatic heterocycles. The molecule has 2 unspecified atom stereocenters. The minimum Gasteiger partial charge on any atom is -0.241 e. The molecule has 0 spiro atoms. The van der Waals surface area contributed by atoms with Crippen molar-refractivity contribution in [3.05, 3.63) is 0 Å². The van der Waals surface area contributed by atoms with E-state index in [9.17, 15) is 22.3 Å². The van der Waals surface area contributed by atoms with E-state index in [0.29, 0.717) is 0 Å². The Morgan fingerprint density at radius 3 is 2.47 bits per heavy atom. The first-order chi connectivity index (χ1) is 7.78. The van der Waals surface area contributed by atoms with Crippen molar-refractivity contribution in [2.24, 2.45) is 0 Å². The topological polar surface area (TPSA) is 87.0 Å². The Hall–Kier alpha value is -0.760. The molecule has 12 heteroatoms. The van der Waals surface area contributed by atoms with Gasteiger partial charge in [0.1, 0.15) is 0 Å². The molecule has 0 radical (unpaired) electrons. The van der Waals surface area contributed by atoms with E-state index in [1.807, 2.05) is 0 Å². The van der Waals surface area contributed by atoms with Gasteiger partial charge in [-0.3, -0.25) is 0 Å². The number of halogens is 4. The van der Waals surface area contributed by atoms with Gasteiger partial charge >= 0.3 is 13.9 Å². The van der Waals surface area contributed by atoms with Crippen LogP contribution >= 0.6 is 7.82 Å². The van der Waals surface area contributed by atoms with Crippen LogP contribution in [0.25, 0.3) is 0 Å². The fourth-order valence-corrected chi connectivity index (χ4v) is 0.802. The largest absolute Gasteiger partial charge is 0.560 e. The van der Waals surface area contributed by atoms with Gasteiger partial charge in [-0.15, -0.1) is 14.2 Å². The minimum atomic E-state index is -5.29. The Kier molecular flexibility index (Phi) is 6.54. The number of hydrogen-bond acceptors (Lipinski definition) is 7. The normalized spacial score (nSPS) is 17.2. The average Bonchev–Trinajstić information content (AvgIpc) is 2.33. The summed E-state index contributed by atoms with van der Waals surface area (Å²) in [5.74, 6) is 0. The number of nitriles is 1. The quantitative estimate of drug-likeness (QED) is 0.292. The molecule has 0 bridgehead atoms. The maximum absolute atomic E-state index is 12.1. The summed E-state index contributed by atoms with van der Waals surface area (Å²) in [6.07, 6.45) is -5.80. The molecule has 0 amide bonds. The highest BCUT2D eigenvalue weighted by atomic mass is 31.2. The molecular formula is C5H6F4NO6P. The van der Waals surface area contributed by atoms with Crippen molar-refractivity contribution >= 4 is 7.82 Å². The van der Waals surface area contributed by atoms with Crippen molar-refractivity contribution in [1.29, 1.82) is 5.26 Å².